The van der Waals surface area contributed by atoms with Crippen molar-refractivity contribution in [3.63, 3.8) is 0 Å². The van der Waals surface area contributed by atoms with Gasteiger partial charge in [0.15, 0.2) is 5.15 Å². The summed E-state index contributed by atoms with van der Waals surface area (Å²) in [6.45, 7) is 3.66. The lowest BCUT2D eigenvalue weighted by atomic mass is 10.0. The van der Waals surface area contributed by atoms with Crippen molar-refractivity contribution in [2.75, 3.05) is 26.8 Å². The normalized spacial score (nSPS) is 20.8. The molecule has 0 aliphatic carbocycles. The Labute approximate surface area is 107 Å². The minimum absolute atomic E-state index is 0.442. The molecule has 94 valence electrons. The molecule has 1 fully saturated rings. The van der Waals surface area contributed by atoms with Crippen molar-refractivity contribution in [2.24, 2.45) is 5.92 Å². The second-order valence-electron chi connectivity index (χ2n) is 4.63. The third kappa shape index (κ3) is 4.22. The van der Waals surface area contributed by atoms with Gasteiger partial charge in [0.2, 0.25) is 0 Å². The van der Waals surface area contributed by atoms with Crippen LogP contribution in [0, 0.1) is 5.92 Å². The lowest BCUT2D eigenvalue weighted by Crippen LogP contribution is -2.30. The van der Waals surface area contributed by atoms with E-state index in [1.54, 1.807) is 6.07 Å². The molecule has 0 amide bonds. The molecular weight excluding hydrogens is 238 g/mol. The molecule has 17 heavy (non-hydrogen) atoms. The lowest BCUT2D eigenvalue weighted by Gasteiger charge is -2.26. The van der Waals surface area contributed by atoms with Gasteiger partial charge >= 0.3 is 0 Å². The highest BCUT2D eigenvalue weighted by molar-refractivity contribution is 6.29. The van der Waals surface area contributed by atoms with Crippen LogP contribution in [0.25, 0.3) is 0 Å². The van der Waals surface area contributed by atoms with Crippen molar-refractivity contribution in [3.05, 3.63) is 23.0 Å². The number of rotatable bonds is 4. The smallest absolute Gasteiger partial charge is 0.151 e. The topological polar surface area (TPSA) is 38.2 Å². The molecule has 0 N–H and O–H groups in total. The Balaban J connectivity index is 1.79. The van der Waals surface area contributed by atoms with Gasteiger partial charge in [-0.05, 0) is 37.9 Å². The lowest BCUT2D eigenvalue weighted by molar-refractivity contribution is 0.0410. The Bertz CT molecular complexity index is 338. The van der Waals surface area contributed by atoms with Crippen LogP contribution >= 0.6 is 11.6 Å². The predicted octanol–water partition coefficient (Wildman–Crippen LogP) is 1.99. The number of hydrogen-bond acceptors (Lipinski definition) is 4. The van der Waals surface area contributed by atoms with E-state index in [0.29, 0.717) is 11.1 Å². The van der Waals surface area contributed by atoms with Crippen LogP contribution in [0.4, 0.5) is 0 Å². The van der Waals surface area contributed by atoms with Crippen LogP contribution in [0.5, 0.6) is 0 Å². The van der Waals surface area contributed by atoms with Crippen LogP contribution in [0.1, 0.15) is 18.5 Å². The van der Waals surface area contributed by atoms with Gasteiger partial charge in [-0.25, -0.2) is 0 Å². The molecule has 4 nitrogen and oxygen atoms in total. The summed E-state index contributed by atoms with van der Waals surface area (Å²) in [5.41, 5.74) is 0.952. The average molecular weight is 256 g/mol. The first-order chi connectivity index (χ1) is 8.24. The molecule has 1 aromatic rings. The SMILES string of the molecule is CN(Cc1ccc(Cl)nn1)CC1CCCOC1. The Morgan fingerprint density at radius 1 is 1.47 bits per heavy atom. The van der Waals surface area contributed by atoms with E-state index in [9.17, 15) is 0 Å². The maximum atomic E-state index is 5.70. The van der Waals surface area contributed by atoms with Gasteiger partial charge in [0, 0.05) is 19.7 Å². The van der Waals surface area contributed by atoms with Gasteiger partial charge in [0.05, 0.1) is 12.3 Å². The van der Waals surface area contributed by atoms with Gasteiger partial charge in [-0.1, -0.05) is 11.6 Å². The van der Waals surface area contributed by atoms with Crippen LogP contribution in [-0.4, -0.2) is 41.9 Å². The second kappa shape index (κ2) is 6.28. The molecule has 1 saturated heterocycles. The van der Waals surface area contributed by atoms with Crippen LogP contribution in [-0.2, 0) is 11.3 Å². The third-order valence-corrected chi connectivity index (χ3v) is 3.15. The van der Waals surface area contributed by atoms with Crippen molar-refractivity contribution in [1.29, 1.82) is 0 Å². The summed E-state index contributed by atoms with van der Waals surface area (Å²) in [4.78, 5) is 2.26. The number of hydrogen-bond donors (Lipinski definition) is 0. The van der Waals surface area contributed by atoms with E-state index < -0.39 is 0 Å². The van der Waals surface area contributed by atoms with E-state index in [-0.39, 0.29) is 0 Å². The molecule has 0 spiro atoms. The first-order valence-corrected chi connectivity index (χ1v) is 6.36. The molecule has 0 radical (unpaired) electrons. The van der Waals surface area contributed by atoms with Crippen LogP contribution in [0.3, 0.4) is 0 Å². The molecule has 1 aliphatic rings. The third-order valence-electron chi connectivity index (χ3n) is 2.94. The summed E-state index contributed by atoms with van der Waals surface area (Å²) in [7, 11) is 2.10. The molecule has 2 heterocycles. The molecule has 0 saturated carbocycles. The van der Waals surface area contributed by atoms with Gasteiger partial charge < -0.3 is 9.64 Å². The second-order valence-corrected chi connectivity index (χ2v) is 5.01. The fraction of sp³-hybridized carbons (Fsp3) is 0.667. The van der Waals surface area contributed by atoms with E-state index in [0.717, 1.165) is 32.0 Å². The molecule has 5 heteroatoms. The number of halogens is 1. The van der Waals surface area contributed by atoms with Crippen LogP contribution < -0.4 is 0 Å². The summed E-state index contributed by atoms with van der Waals surface area (Å²) in [5, 5.41) is 8.34. The van der Waals surface area contributed by atoms with Crippen LogP contribution in [0.15, 0.2) is 12.1 Å². The van der Waals surface area contributed by atoms with Crippen molar-refractivity contribution in [3.8, 4) is 0 Å². The Morgan fingerprint density at radius 3 is 3.00 bits per heavy atom. The van der Waals surface area contributed by atoms with Gasteiger partial charge in [0.1, 0.15) is 0 Å². The van der Waals surface area contributed by atoms with Crippen molar-refractivity contribution >= 4 is 11.6 Å². The maximum absolute atomic E-state index is 5.70. The summed E-state index contributed by atoms with van der Waals surface area (Å²) in [6, 6.07) is 3.70. The summed E-state index contributed by atoms with van der Waals surface area (Å²) >= 11 is 5.70. The average Bonchev–Trinajstić information content (AvgIpc) is 2.33. The maximum Gasteiger partial charge on any atom is 0.151 e. The van der Waals surface area contributed by atoms with Crippen molar-refractivity contribution < 1.29 is 4.74 Å². The summed E-state index contributed by atoms with van der Waals surface area (Å²) < 4.78 is 5.48. The molecule has 1 aliphatic heterocycles. The van der Waals surface area contributed by atoms with E-state index in [1.165, 1.54) is 12.8 Å². The predicted molar refractivity (Wildman–Crippen MR) is 66.9 cm³/mol. The molecule has 1 unspecified atom stereocenters. The summed E-state index contributed by atoms with van der Waals surface area (Å²) in [6.07, 6.45) is 2.44. The zero-order valence-electron chi connectivity index (χ0n) is 10.1. The van der Waals surface area contributed by atoms with Gasteiger partial charge in [-0.15, -0.1) is 5.10 Å². The van der Waals surface area contributed by atoms with Gasteiger partial charge in [-0.2, -0.15) is 5.10 Å². The fourth-order valence-corrected chi connectivity index (χ4v) is 2.26. The standard InChI is InChI=1S/C12H18ClN3O/c1-16(7-10-3-2-6-17-9-10)8-11-4-5-12(13)15-14-11/h4-5,10H,2-3,6-9H2,1H3. The number of aromatic nitrogens is 2. The highest BCUT2D eigenvalue weighted by Crippen LogP contribution is 2.15. The van der Waals surface area contributed by atoms with E-state index >= 15 is 0 Å². The number of nitrogens with zero attached hydrogens (tertiary/aromatic N) is 3. The molecule has 0 bridgehead atoms. The molecule has 0 aromatic carbocycles. The zero-order chi connectivity index (χ0) is 12.1. The van der Waals surface area contributed by atoms with E-state index in [4.69, 9.17) is 16.3 Å². The molecule has 1 aromatic heterocycles. The molecular formula is C12H18ClN3O. The highest BCUT2D eigenvalue weighted by atomic mass is 35.5. The minimum Gasteiger partial charge on any atom is -0.381 e. The highest BCUT2D eigenvalue weighted by Gasteiger charge is 2.16. The zero-order valence-corrected chi connectivity index (χ0v) is 10.9. The Morgan fingerprint density at radius 2 is 2.35 bits per heavy atom. The fourth-order valence-electron chi connectivity index (χ4n) is 2.16. The van der Waals surface area contributed by atoms with Gasteiger partial charge in [-0.3, -0.25) is 0 Å². The number of ether oxygens (including phenoxy) is 1. The summed E-state index contributed by atoms with van der Waals surface area (Å²) in [5.74, 6) is 0.647. The van der Waals surface area contributed by atoms with E-state index in [2.05, 4.69) is 22.1 Å². The Hall–Kier alpha value is -0.710. The first-order valence-electron chi connectivity index (χ1n) is 5.98. The van der Waals surface area contributed by atoms with E-state index in [1.807, 2.05) is 6.07 Å². The monoisotopic (exact) mass is 255 g/mol. The largest absolute Gasteiger partial charge is 0.381 e. The van der Waals surface area contributed by atoms with Gasteiger partial charge in [0.25, 0.3) is 0 Å². The van der Waals surface area contributed by atoms with Crippen molar-refractivity contribution in [1.82, 2.24) is 15.1 Å². The quantitative estimate of drug-likeness (QED) is 0.825. The molecule has 1 atom stereocenters. The Kier molecular flexibility index (Phi) is 4.71. The van der Waals surface area contributed by atoms with Crippen LogP contribution in [0.2, 0.25) is 5.15 Å². The first kappa shape index (κ1) is 12.7. The van der Waals surface area contributed by atoms with Crippen molar-refractivity contribution in [2.45, 2.75) is 19.4 Å². The minimum atomic E-state index is 0.442. The molecule has 2 rings (SSSR count).